The van der Waals surface area contributed by atoms with E-state index in [0.29, 0.717) is 15.6 Å². The first kappa shape index (κ1) is 22.1. The fourth-order valence-electron chi connectivity index (χ4n) is 2.38. The van der Waals surface area contributed by atoms with Gasteiger partial charge in [0.2, 0.25) is 0 Å². The van der Waals surface area contributed by atoms with Crippen molar-refractivity contribution < 1.29 is 14.3 Å². The molecule has 9 heteroatoms. The summed E-state index contributed by atoms with van der Waals surface area (Å²) in [5.41, 5.74) is 3.20. The number of nitrogens with zero attached hydrogens (tertiary/aromatic N) is 1. The van der Waals surface area contributed by atoms with Gasteiger partial charge in [0, 0.05) is 15.6 Å². The van der Waals surface area contributed by atoms with E-state index in [-0.39, 0.29) is 26.9 Å². The third-order valence-corrected chi connectivity index (χ3v) is 4.91. The summed E-state index contributed by atoms with van der Waals surface area (Å²) in [4.78, 5) is 24.7. The number of hydrazone groups is 1. The number of para-hydroxylation sites is 1. The van der Waals surface area contributed by atoms with Crippen molar-refractivity contribution in [3.8, 4) is 5.75 Å². The molecule has 3 aromatic rings. The number of benzene rings is 3. The summed E-state index contributed by atoms with van der Waals surface area (Å²) in [5.74, 6) is -0.944. The highest BCUT2D eigenvalue weighted by atomic mass is 35.5. The molecule has 0 fully saturated rings. The average Bonchev–Trinajstić information content (AvgIpc) is 2.69. The fraction of sp³-hybridized carbons (Fsp3) is 0. The topological polar surface area (TPSA) is 67.8 Å². The Kier molecular flexibility index (Phi) is 7.34. The zero-order valence-corrected chi connectivity index (χ0v) is 18.1. The maximum atomic E-state index is 12.4. The minimum Gasteiger partial charge on any atom is -0.422 e. The van der Waals surface area contributed by atoms with Crippen LogP contribution >= 0.6 is 46.4 Å². The van der Waals surface area contributed by atoms with E-state index in [1.165, 1.54) is 36.5 Å². The molecule has 0 heterocycles. The van der Waals surface area contributed by atoms with Crippen LogP contribution in [0.25, 0.3) is 0 Å². The van der Waals surface area contributed by atoms with Crippen LogP contribution < -0.4 is 10.2 Å². The normalized spacial score (nSPS) is 10.8. The molecule has 152 valence electrons. The van der Waals surface area contributed by atoms with Crippen molar-refractivity contribution >= 4 is 64.5 Å². The predicted molar refractivity (Wildman–Crippen MR) is 119 cm³/mol. The lowest BCUT2D eigenvalue weighted by Gasteiger charge is -2.08. The molecule has 0 saturated carbocycles. The van der Waals surface area contributed by atoms with Crippen LogP contribution in [0.1, 0.15) is 26.3 Å². The van der Waals surface area contributed by atoms with E-state index in [1.807, 2.05) is 0 Å². The predicted octanol–water partition coefficient (Wildman–Crippen LogP) is 6.28. The fourth-order valence-corrected chi connectivity index (χ4v) is 3.36. The Balaban J connectivity index is 1.73. The number of amides is 1. The smallest absolute Gasteiger partial charge is 0.345 e. The molecule has 0 saturated heterocycles. The van der Waals surface area contributed by atoms with Gasteiger partial charge in [-0.3, -0.25) is 4.79 Å². The molecule has 1 amide bonds. The first-order valence-electron chi connectivity index (χ1n) is 8.40. The summed E-state index contributed by atoms with van der Waals surface area (Å²) in [7, 11) is 0. The molecule has 0 aliphatic heterocycles. The SMILES string of the molecule is O=C(N/N=C/c1ccccc1OC(=O)c1ccc(Cl)cc1Cl)c1ccc(Cl)cc1Cl. The molecule has 3 rings (SSSR count). The third-order valence-electron chi connectivity index (χ3n) is 3.82. The van der Waals surface area contributed by atoms with E-state index in [9.17, 15) is 9.59 Å². The van der Waals surface area contributed by atoms with E-state index in [1.54, 1.807) is 30.3 Å². The van der Waals surface area contributed by atoms with Gasteiger partial charge in [-0.05, 0) is 48.5 Å². The Morgan fingerprint density at radius 2 is 1.43 bits per heavy atom. The molecule has 30 heavy (non-hydrogen) atoms. The van der Waals surface area contributed by atoms with Crippen molar-refractivity contribution in [1.29, 1.82) is 0 Å². The minimum atomic E-state index is -0.658. The summed E-state index contributed by atoms with van der Waals surface area (Å²) in [6, 6.07) is 15.6. The molecule has 0 bridgehead atoms. The Morgan fingerprint density at radius 3 is 2.07 bits per heavy atom. The molecular weight excluding hydrogens is 470 g/mol. The summed E-state index contributed by atoms with van der Waals surface area (Å²) in [6.45, 7) is 0. The van der Waals surface area contributed by atoms with Crippen LogP contribution in [0.2, 0.25) is 20.1 Å². The monoisotopic (exact) mass is 480 g/mol. The second-order valence-electron chi connectivity index (χ2n) is 5.87. The van der Waals surface area contributed by atoms with Crippen molar-refractivity contribution in [2.24, 2.45) is 5.10 Å². The second-order valence-corrected chi connectivity index (χ2v) is 7.56. The van der Waals surface area contributed by atoms with Crippen molar-refractivity contribution in [2.45, 2.75) is 0 Å². The highest BCUT2D eigenvalue weighted by molar-refractivity contribution is 6.37. The third kappa shape index (κ3) is 5.52. The second kappa shape index (κ2) is 9.96. The Hall–Kier alpha value is -2.57. The number of ether oxygens (including phenoxy) is 1. The van der Waals surface area contributed by atoms with Gasteiger partial charge in [-0.15, -0.1) is 0 Å². The van der Waals surface area contributed by atoms with Crippen molar-refractivity contribution in [1.82, 2.24) is 5.43 Å². The maximum Gasteiger partial charge on any atom is 0.345 e. The molecule has 0 spiro atoms. The minimum absolute atomic E-state index is 0.165. The summed E-state index contributed by atoms with van der Waals surface area (Å²) < 4.78 is 5.42. The number of carbonyl (C=O) groups excluding carboxylic acids is 2. The van der Waals surface area contributed by atoms with Gasteiger partial charge < -0.3 is 4.74 Å². The lowest BCUT2D eigenvalue weighted by Crippen LogP contribution is -2.18. The molecule has 0 unspecified atom stereocenters. The lowest BCUT2D eigenvalue weighted by molar-refractivity contribution is 0.0734. The van der Waals surface area contributed by atoms with E-state index in [0.717, 1.165) is 0 Å². The van der Waals surface area contributed by atoms with Gasteiger partial charge >= 0.3 is 5.97 Å². The molecule has 0 aliphatic rings. The molecule has 0 atom stereocenters. The van der Waals surface area contributed by atoms with E-state index in [4.69, 9.17) is 51.1 Å². The van der Waals surface area contributed by atoms with Crippen LogP contribution in [-0.2, 0) is 0 Å². The van der Waals surface area contributed by atoms with Crippen molar-refractivity contribution in [3.05, 3.63) is 97.4 Å². The highest BCUT2D eigenvalue weighted by Gasteiger charge is 2.15. The number of hydrogen-bond donors (Lipinski definition) is 1. The molecular formula is C21H12Cl4N2O3. The van der Waals surface area contributed by atoms with Crippen LogP contribution in [0.3, 0.4) is 0 Å². The summed E-state index contributed by atoms with van der Waals surface area (Å²) in [6.07, 6.45) is 1.34. The zero-order chi connectivity index (χ0) is 21.7. The van der Waals surface area contributed by atoms with E-state index in [2.05, 4.69) is 10.5 Å². The number of rotatable bonds is 5. The van der Waals surface area contributed by atoms with Gasteiger partial charge in [0.05, 0.1) is 27.4 Å². The van der Waals surface area contributed by atoms with Crippen molar-refractivity contribution in [2.75, 3.05) is 0 Å². The van der Waals surface area contributed by atoms with Crippen molar-refractivity contribution in [3.63, 3.8) is 0 Å². The quantitative estimate of drug-likeness (QED) is 0.201. The first-order chi connectivity index (χ1) is 14.3. The Morgan fingerprint density at radius 1 is 0.833 bits per heavy atom. The van der Waals surface area contributed by atoms with Crippen LogP contribution in [0, 0.1) is 0 Å². The van der Waals surface area contributed by atoms with Gasteiger partial charge in [-0.2, -0.15) is 5.10 Å². The van der Waals surface area contributed by atoms with Crippen LogP contribution in [-0.4, -0.2) is 18.1 Å². The number of carbonyl (C=O) groups is 2. The summed E-state index contributed by atoms with van der Waals surface area (Å²) in [5, 5.41) is 5.09. The molecule has 3 aromatic carbocycles. The molecule has 5 nitrogen and oxygen atoms in total. The number of hydrogen-bond acceptors (Lipinski definition) is 4. The van der Waals surface area contributed by atoms with Gasteiger partial charge in [-0.1, -0.05) is 58.5 Å². The number of esters is 1. The lowest BCUT2D eigenvalue weighted by atomic mass is 10.2. The zero-order valence-electron chi connectivity index (χ0n) is 15.0. The van der Waals surface area contributed by atoms with Crippen LogP contribution in [0.15, 0.2) is 65.8 Å². The van der Waals surface area contributed by atoms with Gasteiger partial charge in [0.15, 0.2) is 0 Å². The summed E-state index contributed by atoms with van der Waals surface area (Å²) >= 11 is 23.7. The largest absolute Gasteiger partial charge is 0.422 e. The van der Waals surface area contributed by atoms with E-state index < -0.39 is 11.9 Å². The van der Waals surface area contributed by atoms with E-state index >= 15 is 0 Å². The average molecular weight is 482 g/mol. The molecule has 0 radical (unpaired) electrons. The van der Waals surface area contributed by atoms with Crippen LogP contribution in [0.4, 0.5) is 0 Å². The number of halogens is 4. The molecule has 0 aromatic heterocycles. The standard InChI is InChI=1S/C21H12Cl4N2O3/c22-13-5-7-15(17(24)9-13)20(28)27-26-11-12-3-1-2-4-19(12)30-21(29)16-8-6-14(23)10-18(16)25/h1-11H,(H,27,28)/b26-11+. The van der Waals surface area contributed by atoms with Crippen LogP contribution in [0.5, 0.6) is 5.75 Å². The molecule has 1 N–H and O–H groups in total. The Labute approximate surface area is 192 Å². The van der Waals surface area contributed by atoms with Gasteiger partial charge in [-0.25, -0.2) is 10.2 Å². The maximum absolute atomic E-state index is 12.4. The highest BCUT2D eigenvalue weighted by Crippen LogP contribution is 2.24. The number of nitrogens with one attached hydrogen (secondary N) is 1. The van der Waals surface area contributed by atoms with Gasteiger partial charge in [0.1, 0.15) is 5.75 Å². The molecule has 0 aliphatic carbocycles. The van der Waals surface area contributed by atoms with Gasteiger partial charge in [0.25, 0.3) is 5.91 Å². The first-order valence-corrected chi connectivity index (χ1v) is 9.91. The Bertz CT molecular complexity index is 1150.